The van der Waals surface area contributed by atoms with Gasteiger partial charge in [-0.05, 0) is 30.3 Å². The van der Waals surface area contributed by atoms with Gasteiger partial charge in [-0.15, -0.1) is 0 Å². The lowest BCUT2D eigenvalue weighted by atomic mass is 10.2. The quantitative estimate of drug-likeness (QED) is 0.911. The zero-order chi connectivity index (χ0) is 13.0. The van der Waals surface area contributed by atoms with Crippen molar-refractivity contribution < 1.29 is 13.2 Å². The zero-order valence-corrected chi connectivity index (χ0v) is 10.1. The van der Waals surface area contributed by atoms with Gasteiger partial charge in [0.05, 0.1) is 4.90 Å². The van der Waals surface area contributed by atoms with Crippen LogP contribution in [0.3, 0.4) is 0 Å². The van der Waals surface area contributed by atoms with Crippen LogP contribution >= 0.6 is 0 Å². The van der Waals surface area contributed by atoms with E-state index in [-0.39, 0.29) is 4.90 Å². The Morgan fingerprint density at radius 3 is 2.22 bits per heavy atom. The second-order valence-electron chi connectivity index (χ2n) is 3.54. The van der Waals surface area contributed by atoms with Crippen molar-refractivity contribution in [3.8, 4) is 0 Å². The van der Waals surface area contributed by atoms with Crippen LogP contribution in [-0.2, 0) is 10.0 Å². The number of sulfonamides is 1. The summed E-state index contributed by atoms with van der Waals surface area (Å²) in [5.41, 5.74) is 0.295. The molecule has 0 atom stereocenters. The van der Waals surface area contributed by atoms with E-state index < -0.39 is 15.9 Å². The standard InChI is InChI=1S/C13H10NO3S/c15-13(11-7-3-1-4-8-11)14-18(16,17)12-9-5-2-6-10-12/h1,3-10H,(H,14,15). The fraction of sp³-hybridized carbons (Fsp3) is 0. The second-order valence-corrected chi connectivity index (χ2v) is 5.22. The molecular weight excluding hydrogens is 250 g/mol. The van der Waals surface area contributed by atoms with Gasteiger partial charge in [-0.2, -0.15) is 0 Å². The molecule has 2 aromatic rings. The van der Waals surface area contributed by atoms with Gasteiger partial charge in [-0.3, -0.25) is 4.79 Å². The summed E-state index contributed by atoms with van der Waals surface area (Å²) in [4.78, 5) is 11.8. The number of carbonyl (C=O) groups is 1. The molecule has 1 radical (unpaired) electrons. The molecule has 0 spiro atoms. The lowest BCUT2D eigenvalue weighted by Crippen LogP contribution is -2.30. The van der Waals surface area contributed by atoms with Crippen LogP contribution in [0.4, 0.5) is 0 Å². The minimum atomic E-state index is -3.83. The van der Waals surface area contributed by atoms with Gasteiger partial charge in [-0.25, -0.2) is 13.1 Å². The summed E-state index contributed by atoms with van der Waals surface area (Å²) in [5.74, 6) is -0.650. The van der Waals surface area contributed by atoms with Gasteiger partial charge in [0.15, 0.2) is 0 Å². The number of hydrogen-bond acceptors (Lipinski definition) is 3. The van der Waals surface area contributed by atoms with Crippen molar-refractivity contribution >= 4 is 15.9 Å². The topological polar surface area (TPSA) is 63.2 Å². The Morgan fingerprint density at radius 2 is 1.61 bits per heavy atom. The van der Waals surface area contributed by atoms with E-state index in [0.717, 1.165) is 0 Å². The van der Waals surface area contributed by atoms with E-state index in [4.69, 9.17) is 0 Å². The van der Waals surface area contributed by atoms with Gasteiger partial charge in [0.25, 0.3) is 15.9 Å². The molecule has 0 saturated carbocycles. The van der Waals surface area contributed by atoms with E-state index in [2.05, 4.69) is 6.07 Å². The third-order valence-electron chi connectivity index (χ3n) is 2.26. The van der Waals surface area contributed by atoms with E-state index in [1.165, 1.54) is 24.3 Å². The molecule has 0 aliphatic heterocycles. The average Bonchev–Trinajstić information content (AvgIpc) is 2.40. The summed E-state index contributed by atoms with van der Waals surface area (Å²) in [6.07, 6.45) is 0. The van der Waals surface area contributed by atoms with Crippen LogP contribution in [0.2, 0.25) is 0 Å². The molecule has 2 aromatic carbocycles. The monoisotopic (exact) mass is 260 g/mol. The smallest absolute Gasteiger partial charge is 0.264 e. The normalized spacial score (nSPS) is 10.9. The molecule has 0 heterocycles. The predicted octanol–water partition coefficient (Wildman–Crippen LogP) is 1.61. The molecule has 0 unspecified atom stereocenters. The largest absolute Gasteiger partial charge is 0.268 e. The maximum Gasteiger partial charge on any atom is 0.264 e. The highest BCUT2D eigenvalue weighted by Crippen LogP contribution is 2.08. The van der Waals surface area contributed by atoms with Gasteiger partial charge in [0, 0.05) is 5.56 Å². The second kappa shape index (κ2) is 5.01. The molecule has 1 N–H and O–H groups in total. The highest BCUT2D eigenvalue weighted by Gasteiger charge is 2.17. The number of rotatable bonds is 3. The number of amides is 1. The van der Waals surface area contributed by atoms with Crippen molar-refractivity contribution in [2.45, 2.75) is 4.90 Å². The van der Waals surface area contributed by atoms with Gasteiger partial charge in [0.2, 0.25) is 0 Å². The highest BCUT2D eigenvalue weighted by atomic mass is 32.2. The minimum Gasteiger partial charge on any atom is -0.268 e. The Labute approximate surface area is 105 Å². The lowest BCUT2D eigenvalue weighted by Gasteiger charge is -2.06. The summed E-state index contributed by atoms with van der Waals surface area (Å²) in [6.45, 7) is 0. The molecule has 0 aliphatic rings. The van der Waals surface area contributed by atoms with E-state index in [0.29, 0.717) is 5.56 Å². The molecule has 0 fully saturated rings. The first-order valence-electron chi connectivity index (χ1n) is 5.18. The SMILES string of the molecule is O=C(NS(=O)(=O)c1cc[c]cc1)c1ccccc1. The number of carbonyl (C=O) groups excluding carboxylic acids is 1. The predicted molar refractivity (Wildman–Crippen MR) is 66.4 cm³/mol. The highest BCUT2D eigenvalue weighted by molar-refractivity contribution is 7.90. The van der Waals surface area contributed by atoms with Crippen molar-refractivity contribution in [2.75, 3.05) is 0 Å². The Bertz CT molecular complexity index is 636. The van der Waals surface area contributed by atoms with Crippen molar-refractivity contribution in [2.24, 2.45) is 0 Å². The zero-order valence-electron chi connectivity index (χ0n) is 9.33. The molecule has 1 amide bonds. The van der Waals surface area contributed by atoms with Crippen molar-refractivity contribution in [1.29, 1.82) is 0 Å². The molecule has 5 heteroatoms. The van der Waals surface area contributed by atoms with E-state index in [1.54, 1.807) is 30.3 Å². The Hall–Kier alpha value is -2.14. The molecule has 91 valence electrons. The van der Waals surface area contributed by atoms with Crippen molar-refractivity contribution in [1.82, 2.24) is 4.72 Å². The first-order valence-corrected chi connectivity index (χ1v) is 6.66. The maximum absolute atomic E-state index is 11.9. The van der Waals surface area contributed by atoms with Gasteiger partial charge < -0.3 is 0 Å². The van der Waals surface area contributed by atoms with E-state index in [9.17, 15) is 13.2 Å². The Kier molecular flexibility index (Phi) is 3.43. The molecule has 0 aliphatic carbocycles. The van der Waals surface area contributed by atoms with Crippen LogP contribution in [0.5, 0.6) is 0 Å². The fourth-order valence-corrected chi connectivity index (χ4v) is 2.35. The van der Waals surface area contributed by atoms with Crippen LogP contribution in [0.25, 0.3) is 0 Å². The van der Waals surface area contributed by atoms with Crippen molar-refractivity contribution in [3.63, 3.8) is 0 Å². The third-order valence-corrected chi connectivity index (χ3v) is 3.61. The van der Waals surface area contributed by atoms with Crippen LogP contribution < -0.4 is 4.72 Å². The summed E-state index contributed by atoms with van der Waals surface area (Å²) in [6, 6.07) is 16.6. The number of nitrogens with one attached hydrogen (secondary N) is 1. The van der Waals surface area contributed by atoms with Gasteiger partial charge in [0.1, 0.15) is 0 Å². The van der Waals surface area contributed by atoms with E-state index in [1.807, 2.05) is 4.72 Å². The van der Waals surface area contributed by atoms with Gasteiger partial charge >= 0.3 is 0 Å². The Morgan fingerprint density at radius 1 is 1.00 bits per heavy atom. The first kappa shape index (κ1) is 12.3. The number of benzene rings is 2. The lowest BCUT2D eigenvalue weighted by molar-refractivity contribution is 0.0981. The third kappa shape index (κ3) is 2.75. The van der Waals surface area contributed by atoms with Crippen molar-refractivity contribution in [3.05, 3.63) is 66.2 Å². The van der Waals surface area contributed by atoms with Gasteiger partial charge in [-0.1, -0.05) is 30.3 Å². The summed E-state index contributed by atoms with van der Waals surface area (Å²) in [5, 5.41) is 0. The molecule has 0 bridgehead atoms. The van der Waals surface area contributed by atoms with E-state index >= 15 is 0 Å². The van der Waals surface area contributed by atoms with Crippen LogP contribution in [0, 0.1) is 6.07 Å². The maximum atomic E-state index is 11.9. The molecular formula is C13H10NO3S. The molecule has 4 nitrogen and oxygen atoms in total. The number of hydrogen-bond donors (Lipinski definition) is 1. The molecule has 0 saturated heterocycles. The molecule has 18 heavy (non-hydrogen) atoms. The average molecular weight is 260 g/mol. The summed E-state index contributed by atoms with van der Waals surface area (Å²) in [7, 11) is -3.83. The van der Waals surface area contributed by atoms with Crippen LogP contribution in [0.15, 0.2) is 59.5 Å². The molecule has 2 rings (SSSR count). The minimum absolute atomic E-state index is 0.0329. The fourth-order valence-electron chi connectivity index (χ4n) is 1.38. The molecule has 0 aromatic heterocycles. The summed E-state index contributed by atoms with van der Waals surface area (Å²) >= 11 is 0. The van der Waals surface area contributed by atoms with Crippen LogP contribution in [0.1, 0.15) is 10.4 Å². The first-order chi connectivity index (χ1) is 8.59. The van der Waals surface area contributed by atoms with Crippen LogP contribution in [-0.4, -0.2) is 14.3 Å². The summed E-state index contributed by atoms with van der Waals surface area (Å²) < 4.78 is 25.7. The Balaban J connectivity index is 2.23.